The molecule has 15 heavy (non-hydrogen) atoms. The maximum Gasteiger partial charge on any atom is 0.123 e. The van der Waals surface area contributed by atoms with E-state index >= 15 is 0 Å². The van der Waals surface area contributed by atoms with Gasteiger partial charge in [-0.25, -0.2) is 4.39 Å². The van der Waals surface area contributed by atoms with E-state index in [2.05, 4.69) is 12.2 Å². The van der Waals surface area contributed by atoms with E-state index in [1.807, 2.05) is 13.1 Å². The van der Waals surface area contributed by atoms with Gasteiger partial charge in [0.15, 0.2) is 0 Å². The second-order valence-electron chi connectivity index (χ2n) is 3.95. The van der Waals surface area contributed by atoms with Crippen molar-refractivity contribution in [2.45, 2.75) is 32.1 Å². The van der Waals surface area contributed by atoms with Crippen LogP contribution in [0.1, 0.15) is 37.7 Å². The molecule has 1 rings (SSSR count). The topological polar surface area (TPSA) is 12.0 Å². The zero-order valence-electron chi connectivity index (χ0n) is 9.59. The Kier molecular flexibility index (Phi) is 5.33. The number of unbranched alkanes of at least 4 members (excludes halogenated alkanes) is 1. The van der Waals surface area contributed by atoms with Crippen LogP contribution in [-0.4, -0.2) is 13.6 Å². The molecule has 0 saturated heterocycles. The van der Waals surface area contributed by atoms with Gasteiger partial charge in [-0.15, -0.1) is 0 Å². The Hall–Kier alpha value is -0.890. The summed E-state index contributed by atoms with van der Waals surface area (Å²) in [7, 11) is 1.94. The molecule has 0 fully saturated rings. The van der Waals surface area contributed by atoms with Gasteiger partial charge in [-0.1, -0.05) is 31.9 Å². The molecule has 1 atom stereocenters. The third-order valence-corrected chi connectivity index (χ3v) is 2.68. The van der Waals surface area contributed by atoms with Gasteiger partial charge in [0, 0.05) is 6.54 Å². The van der Waals surface area contributed by atoms with Gasteiger partial charge in [0.2, 0.25) is 0 Å². The van der Waals surface area contributed by atoms with Gasteiger partial charge in [-0.2, -0.15) is 0 Å². The number of likely N-dealkylation sites (N-methyl/N-ethyl adjacent to an activating group) is 1. The summed E-state index contributed by atoms with van der Waals surface area (Å²) < 4.78 is 13.1. The molecule has 1 aromatic carbocycles. The van der Waals surface area contributed by atoms with E-state index in [0.717, 1.165) is 18.5 Å². The molecule has 0 amide bonds. The number of hydrogen-bond acceptors (Lipinski definition) is 1. The van der Waals surface area contributed by atoms with Crippen LogP contribution in [0.25, 0.3) is 0 Å². The lowest BCUT2D eigenvalue weighted by Gasteiger charge is -2.16. The van der Waals surface area contributed by atoms with Crippen molar-refractivity contribution in [1.29, 1.82) is 0 Å². The van der Waals surface area contributed by atoms with Crippen LogP contribution < -0.4 is 5.32 Å². The number of nitrogens with one attached hydrogen (secondary N) is 1. The zero-order chi connectivity index (χ0) is 11.1. The van der Waals surface area contributed by atoms with Gasteiger partial charge in [0.05, 0.1) is 0 Å². The van der Waals surface area contributed by atoms with Gasteiger partial charge in [-0.05, 0) is 37.1 Å². The number of benzene rings is 1. The van der Waals surface area contributed by atoms with Crippen molar-refractivity contribution in [2.24, 2.45) is 0 Å². The van der Waals surface area contributed by atoms with Crippen molar-refractivity contribution in [3.63, 3.8) is 0 Å². The van der Waals surface area contributed by atoms with Crippen LogP contribution in [0.3, 0.4) is 0 Å². The first-order valence-electron chi connectivity index (χ1n) is 5.68. The SMILES string of the molecule is CCCCC(CNC)c1cccc(F)c1. The maximum absolute atomic E-state index is 13.1. The lowest BCUT2D eigenvalue weighted by molar-refractivity contribution is 0.549. The van der Waals surface area contributed by atoms with Crippen molar-refractivity contribution in [2.75, 3.05) is 13.6 Å². The number of hydrogen-bond donors (Lipinski definition) is 1. The molecule has 1 aromatic rings. The Morgan fingerprint density at radius 1 is 1.40 bits per heavy atom. The first kappa shape index (κ1) is 12.2. The molecule has 0 aliphatic rings. The molecular weight excluding hydrogens is 189 g/mol. The fourth-order valence-corrected chi connectivity index (χ4v) is 1.84. The zero-order valence-corrected chi connectivity index (χ0v) is 9.59. The molecule has 0 aliphatic heterocycles. The van der Waals surface area contributed by atoms with Crippen LogP contribution >= 0.6 is 0 Å². The van der Waals surface area contributed by atoms with E-state index < -0.39 is 0 Å². The summed E-state index contributed by atoms with van der Waals surface area (Å²) in [6, 6.07) is 6.96. The van der Waals surface area contributed by atoms with Crippen molar-refractivity contribution in [3.05, 3.63) is 35.6 Å². The molecule has 2 heteroatoms. The molecule has 0 radical (unpaired) electrons. The van der Waals surface area contributed by atoms with Crippen molar-refractivity contribution >= 4 is 0 Å². The van der Waals surface area contributed by atoms with E-state index in [4.69, 9.17) is 0 Å². The minimum atomic E-state index is -0.134. The summed E-state index contributed by atoms with van der Waals surface area (Å²) in [5, 5.41) is 3.17. The Labute approximate surface area is 91.7 Å². The van der Waals surface area contributed by atoms with E-state index in [-0.39, 0.29) is 5.82 Å². The Morgan fingerprint density at radius 2 is 2.20 bits per heavy atom. The summed E-state index contributed by atoms with van der Waals surface area (Å²) in [6.07, 6.45) is 3.51. The van der Waals surface area contributed by atoms with Gasteiger partial charge >= 0.3 is 0 Å². The summed E-state index contributed by atoms with van der Waals surface area (Å²) in [6.45, 7) is 3.10. The van der Waals surface area contributed by atoms with Gasteiger partial charge in [-0.3, -0.25) is 0 Å². The van der Waals surface area contributed by atoms with Crippen molar-refractivity contribution in [3.8, 4) is 0 Å². The molecule has 0 heterocycles. The smallest absolute Gasteiger partial charge is 0.123 e. The normalized spacial score (nSPS) is 12.7. The van der Waals surface area contributed by atoms with Crippen molar-refractivity contribution in [1.82, 2.24) is 5.32 Å². The van der Waals surface area contributed by atoms with Crippen LogP contribution in [0.4, 0.5) is 4.39 Å². The molecule has 1 unspecified atom stereocenters. The third-order valence-electron chi connectivity index (χ3n) is 2.68. The standard InChI is InChI=1S/C13H20FN/c1-3-4-6-12(10-15-2)11-7-5-8-13(14)9-11/h5,7-9,12,15H,3-4,6,10H2,1-2H3. The molecule has 1 N–H and O–H groups in total. The predicted octanol–water partition coefficient (Wildman–Crippen LogP) is 3.32. The summed E-state index contributed by atoms with van der Waals surface area (Å²) in [5.41, 5.74) is 1.11. The fraction of sp³-hybridized carbons (Fsp3) is 0.538. The number of halogens is 1. The van der Waals surface area contributed by atoms with Crippen LogP contribution in [0.2, 0.25) is 0 Å². The second-order valence-corrected chi connectivity index (χ2v) is 3.95. The minimum Gasteiger partial charge on any atom is -0.319 e. The molecule has 1 nitrogen and oxygen atoms in total. The summed E-state index contributed by atoms with van der Waals surface area (Å²) in [5.74, 6) is 0.302. The molecule has 0 spiro atoms. The summed E-state index contributed by atoms with van der Waals surface area (Å²) >= 11 is 0. The summed E-state index contributed by atoms with van der Waals surface area (Å²) in [4.78, 5) is 0. The van der Waals surface area contributed by atoms with Crippen LogP contribution in [0.15, 0.2) is 24.3 Å². The highest BCUT2D eigenvalue weighted by Crippen LogP contribution is 2.21. The monoisotopic (exact) mass is 209 g/mol. The Bertz CT molecular complexity index is 286. The van der Waals surface area contributed by atoms with Crippen LogP contribution in [0.5, 0.6) is 0 Å². The molecule has 84 valence electrons. The minimum absolute atomic E-state index is 0.134. The molecular formula is C13H20FN. The number of rotatable bonds is 6. The molecule has 0 aromatic heterocycles. The third kappa shape index (κ3) is 4.00. The molecule has 0 bridgehead atoms. The van der Waals surface area contributed by atoms with Gasteiger partial charge in [0.25, 0.3) is 0 Å². The predicted molar refractivity (Wildman–Crippen MR) is 62.6 cm³/mol. The Morgan fingerprint density at radius 3 is 2.80 bits per heavy atom. The van der Waals surface area contributed by atoms with Crippen molar-refractivity contribution < 1.29 is 4.39 Å². The van der Waals surface area contributed by atoms with E-state index in [1.165, 1.54) is 18.9 Å². The van der Waals surface area contributed by atoms with Gasteiger partial charge < -0.3 is 5.32 Å². The largest absolute Gasteiger partial charge is 0.319 e. The average molecular weight is 209 g/mol. The Balaban J connectivity index is 2.69. The van der Waals surface area contributed by atoms with E-state index in [1.54, 1.807) is 12.1 Å². The second kappa shape index (κ2) is 6.57. The fourth-order valence-electron chi connectivity index (χ4n) is 1.84. The first-order valence-corrected chi connectivity index (χ1v) is 5.68. The molecule has 0 aliphatic carbocycles. The maximum atomic E-state index is 13.1. The van der Waals surface area contributed by atoms with E-state index in [9.17, 15) is 4.39 Å². The highest BCUT2D eigenvalue weighted by Gasteiger charge is 2.10. The van der Waals surface area contributed by atoms with Gasteiger partial charge in [0.1, 0.15) is 5.82 Å². The molecule has 0 saturated carbocycles. The lowest BCUT2D eigenvalue weighted by atomic mass is 9.93. The van der Waals surface area contributed by atoms with Crippen LogP contribution in [0, 0.1) is 5.82 Å². The quantitative estimate of drug-likeness (QED) is 0.758. The highest BCUT2D eigenvalue weighted by molar-refractivity contribution is 5.21. The van der Waals surface area contributed by atoms with Crippen LogP contribution in [-0.2, 0) is 0 Å². The first-order chi connectivity index (χ1) is 7.27. The average Bonchev–Trinajstić information content (AvgIpc) is 2.24. The van der Waals surface area contributed by atoms with E-state index in [0.29, 0.717) is 5.92 Å². The highest BCUT2D eigenvalue weighted by atomic mass is 19.1. The lowest BCUT2D eigenvalue weighted by Crippen LogP contribution is -2.17.